The quantitative estimate of drug-likeness (QED) is 0.286. The molecule has 2 aromatic carbocycles. The highest BCUT2D eigenvalue weighted by Gasteiger charge is 2.33. The van der Waals surface area contributed by atoms with Crippen LogP contribution in [-0.4, -0.2) is 37.5 Å². The maximum Gasteiger partial charge on any atom is 0.417 e. The number of fused-ring (bicyclic) bond motifs is 1. The first-order valence-corrected chi connectivity index (χ1v) is 11.9. The van der Waals surface area contributed by atoms with Gasteiger partial charge in [0.15, 0.2) is 5.82 Å². The van der Waals surface area contributed by atoms with Crippen LogP contribution in [0.25, 0.3) is 11.5 Å². The van der Waals surface area contributed by atoms with E-state index in [0.717, 1.165) is 23.3 Å². The van der Waals surface area contributed by atoms with Crippen molar-refractivity contribution in [1.29, 1.82) is 0 Å². The predicted octanol–water partition coefficient (Wildman–Crippen LogP) is 6.02. The van der Waals surface area contributed by atoms with E-state index in [1.54, 1.807) is 18.3 Å². The number of H-pyrrole nitrogens is 1. The highest BCUT2D eigenvalue weighted by molar-refractivity contribution is 6.31. The molecular formula is C26H21ClF3N5O3. The van der Waals surface area contributed by atoms with E-state index in [1.165, 1.54) is 17.2 Å². The van der Waals surface area contributed by atoms with Crippen molar-refractivity contribution in [3.63, 3.8) is 0 Å². The van der Waals surface area contributed by atoms with E-state index in [1.807, 2.05) is 18.2 Å². The average Bonchev–Trinajstić information content (AvgIpc) is 3.38. The van der Waals surface area contributed by atoms with Gasteiger partial charge in [-0.15, -0.1) is 0 Å². The van der Waals surface area contributed by atoms with Crippen molar-refractivity contribution < 1.29 is 27.8 Å². The number of rotatable bonds is 5. The molecule has 0 saturated heterocycles. The molecule has 0 atom stereocenters. The number of pyridine rings is 1. The van der Waals surface area contributed by atoms with Gasteiger partial charge in [0, 0.05) is 31.0 Å². The molecule has 0 aliphatic carbocycles. The lowest BCUT2D eigenvalue weighted by atomic mass is 10.00. The van der Waals surface area contributed by atoms with Crippen LogP contribution in [0, 0.1) is 0 Å². The zero-order chi connectivity index (χ0) is 26.9. The molecule has 0 saturated carbocycles. The van der Waals surface area contributed by atoms with Gasteiger partial charge >= 0.3 is 12.2 Å². The van der Waals surface area contributed by atoms with E-state index < -0.39 is 22.8 Å². The van der Waals surface area contributed by atoms with E-state index >= 15 is 0 Å². The number of nitrogens with one attached hydrogen (secondary N) is 2. The normalized spacial score (nSPS) is 13.2. The van der Waals surface area contributed by atoms with Gasteiger partial charge in [-0.25, -0.2) is 9.78 Å². The number of carbonyl (C=O) groups excluding carboxylic acids is 1. The average molecular weight is 544 g/mol. The molecule has 2 amide bonds. The van der Waals surface area contributed by atoms with Crippen LogP contribution >= 0.6 is 11.6 Å². The van der Waals surface area contributed by atoms with Crippen LogP contribution in [-0.2, 0) is 25.7 Å². The fourth-order valence-corrected chi connectivity index (χ4v) is 4.33. The Bertz CT molecular complexity index is 1490. The summed E-state index contributed by atoms with van der Waals surface area (Å²) in [5.74, 6) is 1.56. The monoisotopic (exact) mass is 543 g/mol. The second-order valence-corrected chi connectivity index (χ2v) is 9.03. The highest BCUT2D eigenvalue weighted by atomic mass is 35.5. The number of urea groups is 1. The topological polar surface area (TPSA) is 103 Å². The van der Waals surface area contributed by atoms with Gasteiger partial charge in [0.1, 0.15) is 17.2 Å². The number of carbonyl (C=O) groups is 1. The van der Waals surface area contributed by atoms with Crippen LogP contribution in [0.5, 0.6) is 11.5 Å². The fraction of sp³-hybridized carbons (Fsp3) is 0.192. The molecule has 4 aromatic rings. The first-order valence-electron chi connectivity index (χ1n) is 11.5. The van der Waals surface area contributed by atoms with Crippen LogP contribution < -0.4 is 10.1 Å². The third-order valence-corrected chi connectivity index (χ3v) is 6.34. The van der Waals surface area contributed by atoms with Crippen molar-refractivity contribution in [2.75, 3.05) is 11.9 Å². The zero-order valence-corrected chi connectivity index (χ0v) is 20.5. The Kier molecular flexibility index (Phi) is 6.96. The minimum absolute atomic E-state index is 0.00534. The molecule has 3 heterocycles. The summed E-state index contributed by atoms with van der Waals surface area (Å²) in [6.07, 6.45) is -0.938. The fourth-order valence-electron chi connectivity index (χ4n) is 4.10. The van der Waals surface area contributed by atoms with Crippen molar-refractivity contribution in [3.05, 3.63) is 88.3 Å². The first kappa shape index (κ1) is 25.6. The minimum atomic E-state index is -4.63. The lowest BCUT2D eigenvalue weighted by Crippen LogP contribution is -2.38. The molecule has 12 heteroatoms. The van der Waals surface area contributed by atoms with Crippen molar-refractivity contribution in [3.8, 4) is 23.0 Å². The van der Waals surface area contributed by atoms with Crippen molar-refractivity contribution in [2.45, 2.75) is 25.7 Å². The summed E-state index contributed by atoms with van der Waals surface area (Å²) < 4.78 is 45.5. The van der Waals surface area contributed by atoms with E-state index in [0.29, 0.717) is 41.7 Å². The SMILES string of the molecule is O=C(Nc1ccc(Cl)c(C(F)(F)F)c1)N1CCc2ccc(Oc3ccnc(-c4ncc(CO)[nH]4)c3)cc2C1. The van der Waals surface area contributed by atoms with Gasteiger partial charge in [0.05, 0.1) is 29.1 Å². The number of hydrogen-bond donors (Lipinski definition) is 3. The summed E-state index contributed by atoms with van der Waals surface area (Å²) in [4.78, 5) is 25.8. The number of nitrogens with zero attached hydrogens (tertiary/aromatic N) is 3. The van der Waals surface area contributed by atoms with Crippen LogP contribution in [0.3, 0.4) is 0 Å². The third-order valence-electron chi connectivity index (χ3n) is 6.01. The number of amides is 2. The zero-order valence-electron chi connectivity index (χ0n) is 19.7. The number of anilines is 1. The molecule has 196 valence electrons. The largest absolute Gasteiger partial charge is 0.457 e. The molecule has 2 aromatic heterocycles. The lowest BCUT2D eigenvalue weighted by Gasteiger charge is -2.29. The van der Waals surface area contributed by atoms with Gasteiger partial charge in [-0.2, -0.15) is 13.2 Å². The van der Waals surface area contributed by atoms with Gasteiger partial charge in [0.25, 0.3) is 0 Å². The molecule has 0 radical (unpaired) electrons. The molecule has 1 aliphatic heterocycles. The molecule has 0 fully saturated rings. The predicted molar refractivity (Wildman–Crippen MR) is 134 cm³/mol. The third kappa shape index (κ3) is 5.58. The number of hydrogen-bond acceptors (Lipinski definition) is 5. The molecule has 0 unspecified atom stereocenters. The van der Waals surface area contributed by atoms with Gasteiger partial charge < -0.3 is 25.0 Å². The summed E-state index contributed by atoms with van der Waals surface area (Å²) >= 11 is 5.67. The summed E-state index contributed by atoms with van der Waals surface area (Å²) in [6.45, 7) is 0.503. The van der Waals surface area contributed by atoms with Crippen LogP contribution in [0.15, 0.2) is 60.9 Å². The number of halogens is 4. The number of aromatic amines is 1. The number of imidazole rings is 1. The Morgan fingerprint density at radius 3 is 2.68 bits per heavy atom. The summed E-state index contributed by atoms with van der Waals surface area (Å²) in [7, 11) is 0. The van der Waals surface area contributed by atoms with E-state index in [2.05, 4.69) is 20.3 Å². The standard InChI is InChI=1S/C26H21ClF3N5O3/c27-22-4-2-17(10-21(22)26(28,29)30)34-25(37)35-8-6-15-1-3-19(9-16(15)13-35)38-20-5-7-31-23(11-20)24-32-12-18(14-36)33-24/h1-5,7,9-12,36H,6,8,13-14H2,(H,32,33)(H,34,37). The lowest BCUT2D eigenvalue weighted by molar-refractivity contribution is -0.137. The number of aliphatic hydroxyl groups is 1. The maximum absolute atomic E-state index is 13.2. The Morgan fingerprint density at radius 1 is 1.11 bits per heavy atom. The molecule has 0 bridgehead atoms. The molecule has 1 aliphatic rings. The number of benzene rings is 2. The van der Waals surface area contributed by atoms with Gasteiger partial charge in [-0.3, -0.25) is 4.98 Å². The molecule has 38 heavy (non-hydrogen) atoms. The molecule has 0 spiro atoms. The van der Waals surface area contributed by atoms with Gasteiger partial charge in [0.2, 0.25) is 0 Å². The van der Waals surface area contributed by atoms with E-state index in [9.17, 15) is 23.1 Å². The van der Waals surface area contributed by atoms with Crippen molar-refractivity contribution in [1.82, 2.24) is 19.9 Å². The smallest absolute Gasteiger partial charge is 0.417 e. The Morgan fingerprint density at radius 2 is 1.92 bits per heavy atom. The molecule has 8 nitrogen and oxygen atoms in total. The van der Waals surface area contributed by atoms with Crippen molar-refractivity contribution >= 4 is 23.3 Å². The second-order valence-electron chi connectivity index (χ2n) is 8.62. The number of aliphatic hydroxyl groups excluding tert-OH is 1. The van der Waals surface area contributed by atoms with Crippen LogP contribution in [0.4, 0.5) is 23.7 Å². The van der Waals surface area contributed by atoms with Crippen molar-refractivity contribution in [2.24, 2.45) is 0 Å². The Hall–Kier alpha value is -4.09. The second kappa shape index (κ2) is 10.3. The maximum atomic E-state index is 13.2. The molecular weight excluding hydrogens is 523 g/mol. The number of aromatic nitrogens is 3. The summed E-state index contributed by atoms with van der Waals surface area (Å²) in [5, 5.41) is 11.3. The minimum Gasteiger partial charge on any atom is -0.457 e. The van der Waals surface area contributed by atoms with E-state index in [-0.39, 0.29) is 18.8 Å². The summed E-state index contributed by atoms with van der Waals surface area (Å²) in [6, 6.07) is 11.7. The van der Waals surface area contributed by atoms with Crippen LogP contribution in [0.2, 0.25) is 5.02 Å². The Labute approximate surface area is 220 Å². The highest BCUT2D eigenvalue weighted by Crippen LogP contribution is 2.36. The number of alkyl halides is 3. The first-order chi connectivity index (χ1) is 18.2. The van der Waals surface area contributed by atoms with E-state index in [4.69, 9.17) is 16.3 Å². The molecule has 3 N–H and O–H groups in total. The van der Waals surface area contributed by atoms with Gasteiger partial charge in [-0.1, -0.05) is 17.7 Å². The molecule has 5 rings (SSSR count). The van der Waals surface area contributed by atoms with Gasteiger partial charge in [-0.05, 0) is 53.9 Å². The Balaban J connectivity index is 1.28. The van der Waals surface area contributed by atoms with Crippen LogP contribution in [0.1, 0.15) is 22.4 Å². The number of ether oxygens (including phenoxy) is 1. The summed E-state index contributed by atoms with van der Waals surface area (Å²) in [5.41, 5.74) is 2.01.